The second-order valence-electron chi connectivity index (χ2n) is 11.5. The van der Waals surface area contributed by atoms with Gasteiger partial charge in [-0.2, -0.15) is 17.6 Å². The molecule has 248 valence electrons. The summed E-state index contributed by atoms with van der Waals surface area (Å²) in [6.07, 6.45) is -10.6. The molecule has 1 heterocycles. The van der Waals surface area contributed by atoms with Gasteiger partial charge in [0.05, 0.1) is 18.8 Å². The topological polar surface area (TPSA) is 62.8 Å². The summed E-state index contributed by atoms with van der Waals surface area (Å²) in [6, 6.07) is 12.7. The van der Waals surface area contributed by atoms with Gasteiger partial charge in [-0.05, 0) is 41.0 Å². The Kier molecular flexibility index (Phi) is 9.78. The molecule has 0 spiro atoms. The molecule has 6 nitrogen and oxygen atoms in total. The third kappa shape index (κ3) is 7.89. The molecule has 0 unspecified atom stereocenters. The molecule has 3 aromatic rings. The molecule has 0 aromatic heterocycles. The van der Waals surface area contributed by atoms with Crippen molar-refractivity contribution >= 4 is 6.03 Å². The Labute approximate surface area is 259 Å². The lowest BCUT2D eigenvalue weighted by Gasteiger charge is -2.40. The molecule has 2 N–H and O–H groups in total. The van der Waals surface area contributed by atoms with E-state index in [1.54, 1.807) is 30.3 Å². The smallest absolute Gasteiger partial charge is 0.428 e. The summed E-state index contributed by atoms with van der Waals surface area (Å²) >= 11 is 0. The largest absolute Gasteiger partial charge is 0.461 e. The normalized spacial score (nSPS) is 18.5. The van der Waals surface area contributed by atoms with E-state index in [0.29, 0.717) is 37.9 Å². The number of urea groups is 1. The van der Waals surface area contributed by atoms with Crippen molar-refractivity contribution in [1.29, 1.82) is 0 Å². The molecule has 2 aliphatic rings. The van der Waals surface area contributed by atoms with Crippen LogP contribution in [0, 0.1) is 11.6 Å². The maximum absolute atomic E-state index is 15.2. The van der Waals surface area contributed by atoms with Crippen molar-refractivity contribution in [3.8, 4) is 5.75 Å². The van der Waals surface area contributed by atoms with Gasteiger partial charge in [0, 0.05) is 56.6 Å². The van der Waals surface area contributed by atoms with Crippen molar-refractivity contribution in [2.24, 2.45) is 0 Å². The second kappa shape index (κ2) is 13.4. The Morgan fingerprint density at radius 3 is 2.33 bits per heavy atom. The number of amides is 2. The Morgan fingerprint density at radius 2 is 1.67 bits per heavy atom. The van der Waals surface area contributed by atoms with Crippen molar-refractivity contribution in [3.05, 3.63) is 101 Å². The van der Waals surface area contributed by atoms with Gasteiger partial charge in [-0.1, -0.05) is 36.4 Å². The number of ether oxygens (including phenoxy) is 2. The summed E-state index contributed by atoms with van der Waals surface area (Å²) in [6.45, 7) is 2.00. The minimum absolute atomic E-state index is 0.131. The van der Waals surface area contributed by atoms with Gasteiger partial charge in [-0.25, -0.2) is 22.4 Å². The number of hydrogen-bond acceptors (Lipinski definition) is 4. The first-order valence-electron chi connectivity index (χ1n) is 14.5. The van der Waals surface area contributed by atoms with Gasteiger partial charge in [0.25, 0.3) is 5.92 Å². The van der Waals surface area contributed by atoms with Crippen LogP contribution in [0.15, 0.2) is 66.7 Å². The number of alkyl halides is 6. The van der Waals surface area contributed by atoms with Gasteiger partial charge in [0.1, 0.15) is 17.4 Å². The van der Waals surface area contributed by atoms with Crippen LogP contribution in [-0.2, 0) is 23.2 Å². The highest BCUT2D eigenvalue weighted by atomic mass is 19.3. The lowest BCUT2D eigenvalue weighted by atomic mass is 9.77. The molecule has 1 saturated carbocycles. The van der Waals surface area contributed by atoms with E-state index in [-0.39, 0.29) is 29.7 Å². The Balaban J connectivity index is 1.64. The van der Waals surface area contributed by atoms with E-state index >= 15 is 8.78 Å². The van der Waals surface area contributed by atoms with Gasteiger partial charge in [0.15, 0.2) is 0 Å². The Hall–Kier alpha value is -3.91. The highest BCUT2D eigenvalue weighted by molar-refractivity contribution is 5.77. The van der Waals surface area contributed by atoms with Crippen LogP contribution in [-0.4, -0.2) is 61.7 Å². The predicted molar refractivity (Wildman–Crippen MR) is 151 cm³/mol. The average molecular weight is 658 g/mol. The van der Waals surface area contributed by atoms with Crippen molar-refractivity contribution in [3.63, 3.8) is 0 Å². The zero-order valence-corrected chi connectivity index (χ0v) is 24.4. The SMILES string of the molecule is O=C(NC1CC(F)(F)C1)N[C@@](Cc1ccccc1)(c1cc(F)cc(OC(F)(F)C(F)F)c1)c1ccc(F)c(CN2CCOCC2)c1. The maximum atomic E-state index is 15.2. The minimum Gasteiger partial charge on any atom is -0.428 e. The molecule has 0 bridgehead atoms. The minimum atomic E-state index is -4.98. The van der Waals surface area contributed by atoms with Crippen LogP contribution < -0.4 is 15.4 Å². The van der Waals surface area contributed by atoms with Crippen LogP contribution in [0.25, 0.3) is 0 Å². The van der Waals surface area contributed by atoms with E-state index < -0.39 is 66.3 Å². The predicted octanol–water partition coefficient (Wildman–Crippen LogP) is 6.62. The van der Waals surface area contributed by atoms with Gasteiger partial charge < -0.3 is 20.1 Å². The fourth-order valence-corrected chi connectivity index (χ4v) is 5.67. The van der Waals surface area contributed by atoms with Crippen LogP contribution in [0.5, 0.6) is 5.75 Å². The molecular formula is C32H31F8N3O3. The molecule has 5 rings (SSSR count). The van der Waals surface area contributed by atoms with Crippen LogP contribution in [0.2, 0.25) is 0 Å². The number of morpholine rings is 1. The number of nitrogens with one attached hydrogen (secondary N) is 2. The van der Waals surface area contributed by atoms with E-state index in [0.717, 1.165) is 18.2 Å². The van der Waals surface area contributed by atoms with Gasteiger partial charge in [0.2, 0.25) is 0 Å². The molecule has 0 radical (unpaired) electrons. The summed E-state index contributed by atoms with van der Waals surface area (Å²) in [5, 5.41) is 5.18. The van der Waals surface area contributed by atoms with E-state index in [1.165, 1.54) is 12.1 Å². The molecule has 1 aliphatic carbocycles. The highest BCUT2D eigenvalue weighted by Crippen LogP contribution is 2.40. The summed E-state index contributed by atoms with van der Waals surface area (Å²) in [4.78, 5) is 15.4. The summed E-state index contributed by atoms with van der Waals surface area (Å²) in [5.74, 6) is -5.68. The van der Waals surface area contributed by atoms with Gasteiger partial charge in [-0.3, -0.25) is 4.90 Å². The third-order valence-corrected chi connectivity index (χ3v) is 7.97. The molecular weight excluding hydrogens is 626 g/mol. The van der Waals surface area contributed by atoms with Crippen molar-refractivity contribution in [2.75, 3.05) is 26.3 Å². The molecule has 3 aromatic carbocycles. The lowest BCUT2D eigenvalue weighted by molar-refractivity contribution is -0.253. The van der Waals surface area contributed by atoms with Crippen LogP contribution in [0.3, 0.4) is 0 Å². The second-order valence-corrected chi connectivity index (χ2v) is 11.5. The number of benzene rings is 3. The number of nitrogens with zero attached hydrogens (tertiary/aromatic N) is 1. The number of rotatable bonds is 11. The van der Waals surface area contributed by atoms with E-state index in [9.17, 15) is 31.1 Å². The zero-order valence-electron chi connectivity index (χ0n) is 24.4. The summed E-state index contributed by atoms with van der Waals surface area (Å²) in [7, 11) is 0. The van der Waals surface area contributed by atoms with Crippen LogP contribution >= 0.6 is 0 Å². The summed E-state index contributed by atoms with van der Waals surface area (Å²) < 4.78 is 121. The third-order valence-electron chi connectivity index (χ3n) is 7.97. The van der Waals surface area contributed by atoms with E-state index in [4.69, 9.17) is 4.74 Å². The van der Waals surface area contributed by atoms with Crippen molar-refractivity contribution in [1.82, 2.24) is 15.5 Å². The average Bonchev–Trinajstić information content (AvgIpc) is 2.97. The van der Waals surface area contributed by atoms with Crippen molar-refractivity contribution < 1.29 is 49.4 Å². The first-order valence-corrected chi connectivity index (χ1v) is 14.5. The van der Waals surface area contributed by atoms with E-state index in [2.05, 4.69) is 15.4 Å². The van der Waals surface area contributed by atoms with E-state index in [1.807, 2.05) is 4.90 Å². The number of hydrogen-bond donors (Lipinski definition) is 2. The van der Waals surface area contributed by atoms with Crippen LogP contribution in [0.1, 0.15) is 35.1 Å². The Morgan fingerprint density at radius 1 is 0.978 bits per heavy atom. The van der Waals surface area contributed by atoms with Crippen molar-refractivity contribution in [2.45, 2.75) is 55.8 Å². The quantitative estimate of drug-likeness (QED) is 0.228. The molecule has 14 heteroatoms. The van der Waals surface area contributed by atoms with Gasteiger partial charge >= 0.3 is 18.6 Å². The first-order chi connectivity index (χ1) is 21.7. The fraction of sp³-hybridized carbons (Fsp3) is 0.406. The maximum Gasteiger partial charge on any atom is 0.461 e. The Bertz CT molecular complexity index is 1510. The van der Waals surface area contributed by atoms with Gasteiger partial charge in [-0.15, -0.1) is 0 Å². The molecule has 1 saturated heterocycles. The first kappa shape index (κ1) is 33.5. The highest BCUT2D eigenvalue weighted by Gasteiger charge is 2.47. The number of halogens is 8. The molecule has 2 amide bonds. The molecule has 46 heavy (non-hydrogen) atoms. The number of carbonyl (C=O) groups excluding carboxylic acids is 1. The zero-order chi connectivity index (χ0) is 33.1. The van der Waals surface area contributed by atoms with Crippen LogP contribution in [0.4, 0.5) is 39.9 Å². The molecule has 2 fully saturated rings. The lowest BCUT2D eigenvalue weighted by Crippen LogP contribution is -2.58. The number of carbonyl (C=O) groups is 1. The molecule has 1 atom stereocenters. The summed E-state index contributed by atoms with van der Waals surface area (Å²) in [5.41, 5.74) is -1.19. The fourth-order valence-electron chi connectivity index (χ4n) is 5.67. The monoisotopic (exact) mass is 657 g/mol. The molecule has 1 aliphatic heterocycles. The standard InChI is InChI=1S/C32H31F8N3O3/c33-24-13-23(14-26(15-24)46-32(39,40)28(35)36)31(16-20-4-2-1-3-5-20,42-29(44)41-25-17-30(37,38)18-25)22-6-7-27(34)21(12-22)19-43-8-10-45-11-9-43/h1-7,12-15,25,28H,8-11,16-19H2,(H2,41,42,44)/t31-/m1/s1.